The molecule has 0 saturated heterocycles. The van der Waals surface area contributed by atoms with E-state index in [-0.39, 0.29) is 6.10 Å². The van der Waals surface area contributed by atoms with Crippen molar-refractivity contribution in [2.45, 2.75) is 64.6 Å². The smallest absolute Gasteiger partial charge is 0.120 e. The van der Waals surface area contributed by atoms with Crippen molar-refractivity contribution < 1.29 is 4.74 Å². The van der Waals surface area contributed by atoms with Gasteiger partial charge in [-0.15, -0.1) is 0 Å². The molecule has 2 aromatic rings. The Morgan fingerprint density at radius 3 is 2.66 bits per heavy atom. The van der Waals surface area contributed by atoms with Crippen LogP contribution in [0.25, 0.3) is 0 Å². The number of nitrogens with zero attached hydrogens (tertiary/aromatic N) is 3. The molecule has 0 spiro atoms. The molecule has 0 atom stereocenters. The Morgan fingerprint density at radius 1 is 1.21 bits per heavy atom. The maximum atomic E-state index is 5.84. The number of nitrogens with one attached hydrogen (secondary N) is 1. The molecule has 1 heterocycles. The number of hydrogen-bond donors (Lipinski definition) is 1. The van der Waals surface area contributed by atoms with Gasteiger partial charge in [-0.25, -0.2) is 0 Å². The second-order valence-corrected chi connectivity index (χ2v) is 8.94. The van der Waals surface area contributed by atoms with Crippen molar-refractivity contribution in [3.63, 3.8) is 0 Å². The van der Waals surface area contributed by atoms with Crippen molar-refractivity contribution in [2.24, 2.45) is 13.0 Å². The largest absolute Gasteiger partial charge is 0.491 e. The summed E-state index contributed by atoms with van der Waals surface area (Å²) in [5.74, 6) is 2.38. The van der Waals surface area contributed by atoms with Crippen LogP contribution in [0.5, 0.6) is 5.75 Å². The molecule has 5 heteroatoms. The van der Waals surface area contributed by atoms with E-state index in [2.05, 4.69) is 62.4 Å². The van der Waals surface area contributed by atoms with Crippen molar-refractivity contribution in [3.05, 3.63) is 47.3 Å². The summed E-state index contributed by atoms with van der Waals surface area (Å²) in [5, 5.41) is 8.01. The lowest BCUT2D eigenvalue weighted by molar-refractivity contribution is 0.216. The summed E-state index contributed by atoms with van der Waals surface area (Å²) in [4.78, 5) is 2.46. The molecule has 1 aromatic carbocycles. The minimum atomic E-state index is 0.214. The minimum absolute atomic E-state index is 0.214. The fourth-order valence-corrected chi connectivity index (χ4v) is 4.52. The highest BCUT2D eigenvalue weighted by molar-refractivity contribution is 5.28. The third-order valence-corrected chi connectivity index (χ3v) is 5.91. The predicted octanol–water partition coefficient (Wildman–Crippen LogP) is 4.33. The molecular formula is C24H38N4O. The molecule has 0 aliphatic heterocycles. The van der Waals surface area contributed by atoms with E-state index >= 15 is 0 Å². The van der Waals surface area contributed by atoms with E-state index in [1.807, 2.05) is 17.8 Å². The van der Waals surface area contributed by atoms with Gasteiger partial charge >= 0.3 is 0 Å². The van der Waals surface area contributed by atoms with Crippen molar-refractivity contribution in [1.29, 1.82) is 0 Å². The first-order chi connectivity index (χ1) is 13.9. The quantitative estimate of drug-likeness (QED) is 0.683. The van der Waals surface area contributed by atoms with Gasteiger partial charge in [-0.2, -0.15) is 5.10 Å². The SMILES string of the molecule is CNCc1cc(C2CCC(CN(C)Cc3cccc(OC(C)C)c3)CC2)nn1C. The van der Waals surface area contributed by atoms with Crippen molar-refractivity contribution in [2.75, 3.05) is 20.6 Å². The second kappa shape index (κ2) is 10.3. The molecule has 1 aromatic heterocycles. The van der Waals surface area contributed by atoms with Gasteiger partial charge in [-0.05, 0) is 83.3 Å². The molecule has 1 fully saturated rings. The summed E-state index contributed by atoms with van der Waals surface area (Å²) in [6.07, 6.45) is 5.32. The summed E-state index contributed by atoms with van der Waals surface area (Å²) >= 11 is 0. The van der Waals surface area contributed by atoms with Gasteiger partial charge in [0, 0.05) is 32.6 Å². The lowest BCUT2D eigenvalue weighted by Gasteiger charge is -2.30. The molecular weight excluding hydrogens is 360 g/mol. The summed E-state index contributed by atoms with van der Waals surface area (Å²) in [5.41, 5.74) is 3.88. The van der Waals surface area contributed by atoms with Gasteiger partial charge in [0.1, 0.15) is 5.75 Å². The number of aryl methyl sites for hydroxylation is 1. The third-order valence-electron chi connectivity index (χ3n) is 5.91. The number of aromatic nitrogens is 2. The molecule has 1 N–H and O–H groups in total. The van der Waals surface area contributed by atoms with Crippen LogP contribution >= 0.6 is 0 Å². The van der Waals surface area contributed by atoms with Gasteiger partial charge in [0.2, 0.25) is 0 Å². The molecule has 5 nitrogen and oxygen atoms in total. The van der Waals surface area contributed by atoms with Gasteiger partial charge in [0.15, 0.2) is 0 Å². The van der Waals surface area contributed by atoms with Crippen LogP contribution in [-0.2, 0) is 20.1 Å². The number of ether oxygens (including phenoxy) is 1. The molecule has 0 unspecified atom stereocenters. The van der Waals surface area contributed by atoms with Gasteiger partial charge in [-0.3, -0.25) is 4.68 Å². The average molecular weight is 399 g/mol. The molecule has 1 aliphatic carbocycles. The molecule has 0 amide bonds. The van der Waals surface area contributed by atoms with Crippen LogP contribution in [-0.4, -0.2) is 41.4 Å². The van der Waals surface area contributed by atoms with Gasteiger partial charge < -0.3 is 15.0 Å². The lowest BCUT2D eigenvalue weighted by Crippen LogP contribution is -2.28. The van der Waals surface area contributed by atoms with E-state index in [0.29, 0.717) is 5.92 Å². The third kappa shape index (κ3) is 6.31. The van der Waals surface area contributed by atoms with Crippen LogP contribution in [0.1, 0.15) is 62.4 Å². The Bertz CT molecular complexity index is 762. The van der Waals surface area contributed by atoms with Gasteiger partial charge in [0.25, 0.3) is 0 Å². The zero-order valence-electron chi connectivity index (χ0n) is 18.8. The molecule has 29 heavy (non-hydrogen) atoms. The average Bonchev–Trinajstić information content (AvgIpc) is 3.03. The van der Waals surface area contributed by atoms with E-state index in [1.165, 1.54) is 42.6 Å². The fraction of sp³-hybridized carbons (Fsp3) is 0.625. The zero-order valence-corrected chi connectivity index (χ0v) is 18.8. The summed E-state index contributed by atoms with van der Waals surface area (Å²) < 4.78 is 7.87. The van der Waals surface area contributed by atoms with Crippen LogP contribution in [0.2, 0.25) is 0 Å². The van der Waals surface area contributed by atoms with Crippen molar-refractivity contribution >= 4 is 0 Å². The Labute approximate surface area is 176 Å². The molecule has 1 saturated carbocycles. The van der Waals surface area contributed by atoms with Gasteiger partial charge in [0.05, 0.1) is 17.5 Å². The maximum Gasteiger partial charge on any atom is 0.120 e. The zero-order chi connectivity index (χ0) is 20.8. The first-order valence-electron chi connectivity index (χ1n) is 11.1. The number of benzene rings is 1. The maximum absolute atomic E-state index is 5.84. The molecule has 0 bridgehead atoms. The molecule has 1 aliphatic rings. The summed E-state index contributed by atoms with van der Waals surface area (Å²) in [6.45, 7) is 7.16. The topological polar surface area (TPSA) is 42.3 Å². The number of rotatable bonds is 9. The van der Waals surface area contributed by atoms with Crippen LogP contribution < -0.4 is 10.1 Å². The Balaban J connectivity index is 1.47. The second-order valence-electron chi connectivity index (χ2n) is 8.94. The highest BCUT2D eigenvalue weighted by atomic mass is 16.5. The Morgan fingerprint density at radius 2 is 1.97 bits per heavy atom. The van der Waals surface area contributed by atoms with Crippen LogP contribution in [0, 0.1) is 5.92 Å². The van der Waals surface area contributed by atoms with E-state index < -0.39 is 0 Å². The van der Waals surface area contributed by atoms with Crippen molar-refractivity contribution in [3.8, 4) is 5.75 Å². The highest BCUT2D eigenvalue weighted by Crippen LogP contribution is 2.35. The normalized spacial score (nSPS) is 19.8. The van der Waals surface area contributed by atoms with E-state index in [4.69, 9.17) is 9.84 Å². The lowest BCUT2D eigenvalue weighted by atomic mass is 9.80. The first-order valence-corrected chi connectivity index (χ1v) is 11.1. The van der Waals surface area contributed by atoms with E-state index in [0.717, 1.165) is 31.3 Å². The van der Waals surface area contributed by atoms with Crippen LogP contribution in [0.3, 0.4) is 0 Å². The monoisotopic (exact) mass is 398 g/mol. The summed E-state index contributed by atoms with van der Waals surface area (Å²) in [6, 6.07) is 10.8. The summed E-state index contributed by atoms with van der Waals surface area (Å²) in [7, 11) is 6.28. The molecule has 3 rings (SSSR count). The first kappa shape index (κ1) is 21.8. The molecule has 0 radical (unpaired) electrons. The standard InChI is InChI=1S/C24H38N4O/c1-18(2)29-23-8-6-7-20(13-23)17-27(4)16-19-9-11-21(12-10-19)24-14-22(15-25-3)28(5)26-24/h6-8,13-14,18-19,21,25H,9-12,15-17H2,1-5H3. The van der Waals surface area contributed by atoms with Gasteiger partial charge in [-0.1, -0.05) is 12.1 Å². The Kier molecular flexibility index (Phi) is 7.73. The van der Waals surface area contributed by atoms with E-state index in [9.17, 15) is 0 Å². The fourth-order valence-electron chi connectivity index (χ4n) is 4.52. The van der Waals surface area contributed by atoms with Crippen LogP contribution in [0.15, 0.2) is 30.3 Å². The Hall–Kier alpha value is -1.85. The predicted molar refractivity (Wildman–Crippen MR) is 119 cm³/mol. The molecule has 160 valence electrons. The van der Waals surface area contributed by atoms with Crippen molar-refractivity contribution in [1.82, 2.24) is 20.0 Å². The number of hydrogen-bond acceptors (Lipinski definition) is 4. The van der Waals surface area contributed by atoms with Crippen LogP contribution in [0.4, 0.5) is 0 Å². The van der Waals surface area contributed by atoms with E-state index in [1.54, 1.807) is 0 Å². The minimum Gasteiger partial charge on any atom is -0.491 e. The highest BCUT2D eigenvalue weighted by Gasteiger charge is 2.25.